The van der Waals surface area contributed by atoms with Gasteiger partial charge in [-0.15, -0.1) is 0 Å². The highest BCUT2D eigenvalue weighted by Crippen LogP contribution is 2.21. The van der Waals surface area contributed by atoms with Gasteiger partial charge >= 0.3 is 11.9 Å². The predicted octanol–water partition coefficient (Wildman–Crippen LogP) is 2.37. The number of pyridine rings is 1. The van der Waals surface area contributed by atoms with Crippen molar-refractivity contribution in [2.45, 2.75) is 0 Å². The van der Waals surface area contributed by atoms with E-state index in [0.717, 1.165) is 6.07 Å². The van der Waals surface area contributed by atoms with E-state index in [4.69, 9.17) is 5.11 Å². The van der Waals surface area contributed by atoms with Crippen molar-refractivity contribution in [2.75, 3.05) is 7.11 Å². The summed E-state index contributed by atoms with van der Waals surface area (Å²) in [4.78, 5) is 26.2. The molecule has 0 bridgehead atoms. The number of aromatic carboxylic acids is 1. The summed E-state index contributed by atoms with van der Waals surface area (Å²) in [5.41, 5.74) is 0.430. The molecule has 0 spiro atoms. The van der Waals surface area contributed by atoms with Crippen molar-refractivity contribution in [3.8, 4) is 11.3 Å². The monoisotopic (exact) mass is 275 g/mol. The quantitative estimate of drug-likeness (QED) is 0.870. The van der Waals surface area contributed by atoms with Crippen LogP contribution in [0.15, 0.2) is 36.4 Å². The van der Waals surface area contributed by atoms with Gasteiger partial charge in [0.25, 0.3) is 0 Å². The first kappa shape index (κ1) is 13.7. The van der Waals surface area contributed by atoms with E-state index in [2.05, 4.69) is 9.72 Å². The van der Waals surface area contributed by atoms with Crippen LogP contribution in [-0.2, 0) is 4.74 Å². The zero-order valence-electron chi connectivity index (χ0n) is 10.5. The van der Waals surface area contributed by atoms with Crippen molar-refractivity contribution in [1.82, 2.24) is 4.98 Å². The summed E-state index contributed by atoms with van der Waals surface area (Å²) in [6.45, 7) is 0. The van der Waals surface area contributed by atoms with E-state index in [1.165, 1.54) is 37.4 Å². The minimum Gasteiger partial charge on any atom is -0.477 e. The second kappa shape index (κ2) is 5.48. The standard InChI is InChI=1S/C14H10FNO4/c1-20-14(19)9-5-8(6-10(15)7-9)11-3-2-4-12(16-11)13(17)18/h2-7H,1H3,(H,17,18). The number of esters is 1. The molecule has 0 saturated heterocycles. The van der Waals surface area contributed by atoms with E-state index in [1.54, 1.807) is 0 Å². The molecule has 20 heavy (non-hydrogen) atoms. The molecule has 1 aromatic carbocycles. The van der Waals surface area contributed by atoms with Crippen molar-refractivity contribution in [3.05, 3.63) is 53.5 Å². The van der Waals surface area contributed by atoms with Crippen LogP contribution >= 0.6 is 0 Å². The zero-order chi connectivity index (χ0) is 14.7. The molecular weight excluding hydrogens is 265 g/mol. The molecule has 5 nitrogen and oxygen atoms in total. The fourth-order valence-electron chi connectivity index (χ4n) is 1.69. The number of aromatic nitrogens is 1. The summed E-state index contributed by atoms with van der Waals surface area (Å²) in [6.07, 6.45) is 0. The maximum Gasteiger partial charge on any atom is 0.354 e. The lowest BCUT2D eigenvalue weighted by Crippen LogP contribution is -2.03. The summed E-state index contributed by atoms with van der Waals surface area (Å²) < 4.78 is 18.0. The molecule has 0 unspecified atom stereocenters. The maximum atomic E-state index is 13.5. The number of carboxylic acids is 1. The molecule has 102 valence electrons. The van der Waals surface area contributed by atoms with E-state index in [9.17, 15) is 14.0 Å². The molecule has 0 amide bonds. The Kier molecular flexibility index (Phi) is 3.74. The van der Waals surface area contributed by atoms with Gasteiger partial charge in [0, 0.05) is 5.56 Å². The van der Waals surface area contributed by atoms with Gasteiger partial charge in [-0.2, -0.15) is 0 Å². The van der Waals surface area contributed by atoms with E-state index >= 15 is 0 Å². The molecular formula is C14H10FNO4. The minimum atomic E-state index is -1.18. The van der Waals surface area contributed by atoms with Gasteiger partial charge in [-0.3, -0.25) is 0 Å². The predicted molar refractivity (Wildman–Crippen MR) is 67.9 cm³/mol. The van der Waals surface area contributed by atoms with Gasteiger partial charge in [0.15, 0.2) is 0 Å². The van der Waals surface area contributed by atoms with Gasteiger partial charge in [0.1, 0.15) is 11.5 Å². The van der Waals surface area contributed by atoms with Crippen LogP contribution in [0, 0.1) is 5.82 Å². The number of hydrogen-bond donors (Lipinski definition) is 1. The van der Waals surface area contributed by atoms with Gasteiger partial charge < -0.3 is 9.84 Å². The van der Waals surface area contributed by atoms with Crippen LogP contribution < -0.4 is 0 Å². The fourth-order valence-corrected chi connectivity index (χ4v) is 1.69. The van der Waals surface area contributed by atoms with E-state index < -0.39 is 17.8 Å². The van der Waals surface area contributed by atoms with Crippen molar-refractivity contribution < 1.29 is 23.8 Å². The molecule has 6 heteroatoms. The van der Waals surface area contributed by atoms with Gasteiger partial charge in [0.05, 0.1) is 18.4 Å². The minimum absolute atomic E-state index is 0.0324. The summed E-state index contributed by atoms with van der Waals surface area (Å²) in [7, 11) is 1.19. The molecule has 1 aromatic heterocycles. The van der Waals surface area contributed by atoms with Crippen LogP contribution in [0.5, 0.6) is 0 Å². The second-order valence-electron chi connectivity index (χ2n) is 3.93. The zero-order valence-corrected chi connectivity index (χ0v) is 10.5. The molecule has 2 rings (SSSR count). The van der Waals surface area contributed by atoms with Crippen molar-refractivity contribution in [2.24, 2.45) is 0 Å². The lowest BCUT2D eigenvalue weighted by molar-refractivity contribution is 0.0599. The molecule has 0 radical (unpaired) electrons. The Hall–Kier alpha value is -2.76. The lowest BCUT2D eigenvalue weighted by atomic mass is 10.1. The van der Waals surface area contributed by atoms with Crippen molar-refractivity contribution in [3.63, 3.8) is 0 Å². The highest BCUT2D eigenvalue weighted by atomic mass is 19.1. The highest BCUT2D eigenvalue weighted by Gasteiger charge is 2.12. The van der Waals surface area contributed by atoms with Crippen LogP contribution in [-0.4, -0.2) is 29.1 Å². The Morgan fingerprint density at radius 2 is 2.00 bits per heavy atom. The Bertz CT molecular complexity index is 685. The number of hydrogen-bond acceptors (Lipinski definition) is 4. The average Bonchev–Trinajstić information content (AvgIpc) is 2.45. The van der Waals surface area contributed by atoms with Crippen LogP contribution in [0.1, 0.15) is 20.8 Å². The van der Waals surface area contributed by atoms with Crippen LogP contribution in [0.4, 0.5) is 4.39 Å². The highest BCUT2D eigenvalue weighted by molar-refractivity contribution is 5.91. The van der Waals surface area contributed by atoms with Gasteiger partial charge in [-0.25, -0.2) is 19.0 Å². The van der Waals surface area contributed by atoms with Crippen LogP contribution in [0.3, 0.4) is 0 Å². The first-order valence-electron chi connectivity index (χ1n) is 5.61. The van der Waals surface area contributed by atoms with Crippen LogP contribution in [0.25, 0.3) is 11.3 Å². The molecule has 1 heterocycles. The number of halogens is 1. The van der Waals surface area contributed by atoms with Crippen molar-refractivity contribution >= 4 is 11.9 Å². The molecule has 2 aromatic rings. The Morgan fingerprint density at radius 1 is 1.25 bits per heavy atom. The Morgan fingerprint density at radius 3 is 2.65 bits per heavy atom. The summed E-state index contributed by atoms with van der Waals surface area (Å²) in [5, 5.41) is 8.88. The van der Waals surface area contributed by atoms with Gasteiger partial charge in [-0.05, 0) is 30.3 Å². The van der Waals surface area contributed by atoms with E-state index in [0.29, 0.717) is 5.56 Å². The van der Waals surface area contributed by atoms with Crippen molar-refractivity contribution in [1.29, 1.82) is 0 Å². The third-order valence-corrected chi connectivity index (χ3v) is 2.58. The maximum absolute atomic E-state index is 13.5. The average molecular weight is 275 g/mol. The number of rotatable bonds is 3. The third-order valence-electron chi connectivity index (χ3n) is 2.58. The summed E-state index contributed by atoms with van der Waals surface area (Å²) >= 11 is 0. The molecule has 0 atom stereocenters. The molecule has 1 N–H and O–H groups in total. The second-order valence-corrected chi connectivity index (χ2v) is 3.93. The normalized spacial score (nSPS) is 10.1. The first-order chi connectivity index (χ1) is 9.51. The molecule has 0 aliphatic heterocycles. The van der Waals surface area contributed by atoms with Crippen LogP contribution in [0.2, 0.25) is 0 Å². The Labute approximate surface area is 113 Å². The molecule has 0 aliphatic rings. The topological polar surface area (TPSA) is 76.5 Å². The first-order valence-corrected chi connectivity index (χ1v) is 5.61. The summed E-state index contributed by atoms with van der Waals surface area (Å²) in [6, 6.07) is 7.95. The number of carbonyl (C=O) groups excluding carboxylic acids is 1. The number of carbonyl (C=O) groups is 2. The number of benzene rings is 1. The SMILES string of the molecule is COC(=O)c1cc(F)cc(-c2cccc(C(=O)O)n2)c1. The van der Waals surface area contributed by atoms with E-state index in [-0.39, 0.29) is 17.0 Å². The summed E-state index contributed by atoms with van der Waals surface area (Å²) in [5.74, 6) is -2.50. The largest absolute Gasteiger partial charge is 0.477 e. The van der Waals surface area contributed by atoms with Gasteiger partial charge in [0.2, 0.25) is 0 Å². The molecule has 0 fully saturated rings. The smallest absolute Gasteiger partial charge is 0.354 e. The Balaban J connectivity index is 2.52. The number of nitrogens with zero attached hydrogens (tertiary/aromatic N) is 1. The molecule has 0 saturated carbocycles. The fraction of sp³-hybridized carbons (Fsp3) is 0.0714. The lowest BCUT2D eigenvalue weighted by Gasteiger charge is -2.05. The number of methoxy groups -OCH3 is 1. The van der Waals surface area contributed by atoms with E-state index in [1.807, 2.05) is 0 Å². The number of carboxylic acid groups (broad SMARTS) is 1. The number of ether oxygens (including phenoxy) is 1. The van der Waals surface area contributed by atoms with Gasteiger partial charge in [-0.1, -0.05) is 6.07 Å². The third kappa shape index (κ3) is 2.80. The molecule has 0 aliphatic carbocycles.